The Morgan fingerprint density at radius 2 is 1.05 bits per heavy atom. The molecule has 105 valence electrons. The van der Waals surface area contributed by atoms with Crippen LogP contribution < -0.4 is 72.4 Å². The second kappa shape index (κ2) is 14.8. The quantitative estimate of drug-likeness (QED) is 0.171. The molecule has 1 aromatic carbocycles. The first kappa shape index (κ1) is 23.2. The van der Waals surface area contributed by atoms with E-state index in [0.717, 1.165) is 39.2 Å². The number of pyridine rings is 2. The average molecular weight is 350 g/mol. The Morgan fingerprint density at radius 1 is 0.714 bits per heavy atom. The van der Waals surface area contributed by atoms with Gasteiger partial charge >= 0.3 is 72.4 Å². The van der Waals surface area contributed by atoms with Crippen molar-refractivity contribution >= 4 is 21.8 Å². The van der Waals surface area contributed by atoms with E-state index in [2.05, 4.69) is 34.2 Å². The van der Waals surface area contributed by atoms with E-state index in [9.17, 15) is 0 Å². The number of rotatable bonds is 0. The van der Waals surface area contributed by atoms with Gasteiger partial charge in [0.15, 0.2) is 0 Å². The van der Waals surface area contributed by atoms with E-state index in [1.165, 1.54) is 0 Å². The van der Waals surface area contributed by atoms with Crippen LogP contribution in [0.3, 0.4) is 0 Å². The third-order valence-electron chi connectivity index (χ3n) is 2.34. The molecule has 3 aromatic rings. The zero-order valence-corrected chi connectivity index (χ0v) is 15.5. The van der Waals surface area contributed by atoms with Crippen molar-refractivity contribution in [2.75, 3.05) is 0 Å². The Kier molecular flexibility index (Phi) is 16.4. The van der Waals surface area contributed by atoms with Crippen LogP contribution >= 0.6 is 0 Å². The second-order valence-electron chi connectivity index (χ2n) is 3.22. The van der Waals surface area contributed by atoms with Gasteiger partial charge in [-0.1, -0.05) is 24.3 Å². The molecule has 7 nitrogen and oxygen atoms in total. The number of aromatic nitrogens is 2. The number of benzene rings is 1. The van der Waals surface area contributed by atoms with Gasteiger partial charge in [-0.15, -0.1) is 0 Å². The number of nitrogens with zero attached hydrogens (tertiary/aromatic N) is 2. The topological polar surface area (TPSA) is 135 Å². The fraction of sp³-hybridized carbons (Fsp3) is 0. The van der Waals surface area contributed by atoms with Gasteiger partial charge in [-0.3, -0.25) is 9.97 Å². The summed E-state index contributed by atoms with van der Waals surface area (Å²) in [5.74, 6) is 0. The molecule has 0 aliphatic rings. The molecule has 0 unspecified atom stereocenters. The maximum Gasteiger partial charge on any atom is 0.0964 e. The van der Waals surface area contributed by atoms with Crippen molar-refractivity contribution in [2.45, 2.75) is 0 Å². The zero-order valence-electron chi connectivity index (χ0n) is 11.0. The van der Waals surface area contributed by atoms with Crippen LogP contribution in [0, 0.1) is 0 Å². The molecule has 0 aliphatic heterocycles. The van der Waals surface area contributed by atoms with Gasteiger partial charge in [0.25, 0.3) is 0 Å². The fourth-order valence-corrected chi connectivity index (χ4v) is 1.68. The van der Waals surface area contributed by atoms with Gasteiger partial charge in [-0.2, -0.15) is 0 Å². The smallest absolute Gasteiger partial charge is 0.0964 e. The Balaban J connectivity index is 0. The van der Waals surface area contributed by atoms with Gasteiger partial charge in [0, 0.05) is 23.2 Å². The van der Waals surface area contributed by atoms with E-state index in [4.69, 9.17) is 24.7 Å². The molecule has 0 saturated carbocycles. The van der Waals surface area contributed by atoms with Crippen LogP contribution in [0.1, 0.15) is 0 Å². The van der Waals surface area contributed by atoms with Crippen LogP contribution in [0.15, 0.2) is 48.8 Å². The predicted octanol–water partition coefficient (Wildman–Crippen LogP) is -5.09. The molecule has 3 rings (SSSR count). The molecular weight excluding hydrogens is 342 g/mol. The summed E-state index contributed by atoms with van der Waals surface area (Å²) in [4.78, 5) is 8.69. The van der Waals surface area contributed by atoms with Crippen LogP contribution in [-0.2, 0) is 21.0 Å². The van der Waals surface area contributed by atoms with Gasteiger partial charge in [0.2, 0.25) is 0 Å². The summed E-state index contributed by atoms with van der Waals surface area (Å²) in [5, 5.41) is 30.3. The molecule has 2 heterocycles. The average Bonchev–Trinajstić information content (AvgIpc) is 2.60. The van der Waals surface area contributed by atoms with Gasteiger partial charge in [0.05, 0.1) is 11.0 Å². The third-order valence-corrected chi connectivity index (χ3v) is 2.34. The van der Waals surface area contributed by atoms with Gasteiger partial charge in [0.1, 0.15) is 0 Å². The molecule has 0 saturated heterocycles. The molecule has 0 aliphatic carbocycles. The maximum atomic E-state index is 8.19. The fourth-order valence-electron chi connectivity index (χ4n) is 1.68. The second-order valence-corrected chi connectivity index (χ2v) is 3.22. The summed E-state index contributed by atoms with van der Waals surface area (Å²) >= 11 is 1.06. The van der Waals surface area contributed by atoms with Crippen molar-refractivity contribution in [3.05, 3.63) is 48.8 Å². The molecule has 0 amide bonds. The van der Waals surface area contributed by atoms with Gasteiger partial charge < -0.3 is 21.0 Å². The minimum Gasteiger partial charge on any atom is -0.254 e. The minimum absolute atomic E-state index is 0. The summed E-state index contributed by atoms with van der Waals surface area (Å²) in [6.07, 6.45) is 3.60. The van der Waals surface area contributed by atoms with Crippen molar-refractivity contribution in [3.8, 4) is 0 Å². The van der Waals surface area contributed by atoms with Crippen molar-refractivity contribution in [1.82, 2.24) is 9.97 Å². The molecule has 9 heteroatoms. The van der Waals surface area contributed by atoms with E-state index in [1.807, 2.05) is 12.1 Å². The van der Waals surface area contributed by atoms with Crippen LogP contribution in [0.4, 0.5) is 0 Å². The Hall–Kier alpha value is -0.0992. The van der Waals surface area contributed by atoms with Crippen molar-refractivity contribution in [2.24, 2.45) is 0 Å². The molecule has 0 N–H and O–H groups in total. The predicted molar refractivity (Wildman–Crippen MR) is 57.7 cm³/mol. The number of hydrogen-bond donors (Lipinski definition) is 0. The van der Waals surface area contributed by atoms with Gasteiger partial charge in [-0.05, 0) is 12.1 Å². The molecular formula is C12H8KN2O5V-3. The first-order valence-electron chi connectivity index (χ1n) is 5.05. The molecule has 0 spiro atoms. The summed E-state index contributed by atoms with van der Waals surface area (Å²) in [7, 11) is 0. The monoisotopic (exact) mass is 350 g/mol. The largest absolute Gasteiger partial charge is 0.254 e. The van der Waals surface area contributed by atoms with E-state index in [0.29, 0.717) is 0 Å². The van der Waals surface area contributed by atoms with Crippen molar-refractivity contribution in [1.29, 1.82) is 0 Å². The summed E-state index contributed by atoms with van der Waals surface area (Å²) in [6.45, 7) is 0. The molecule has 0 bridgehead atoms. The molecule has 21 heavy (non-hydrogen) atoms. The van der Waals surface area contributed by atoms with Gasteiger partial charge in [-0.25, -0.2) is 0 Å². The Bertz CT molecular complexity index is 589. The first-order valence-corrected chi connectivity index (χ1v) is 5.62. The number of hydrogen-bond acceptors (Lipinski definition) is 7. The van der Waals surface area contributed by atoms with Crippen LogP contribution in [0.5, 0.6) is 0 Å². The van der Waals surface area contributed by atoms with E-state index >= 15 is 0 Å². The Labute approximate surface area is 172 Å². The first-order chi connectivity index (χ1) is 9.95. The molecule has 0 fully saturated rings. The Morgan fingerprint density at radius 3 is 1.38 bits per heavy atom. The molecule has 0 radical (unpaired) electrons. The number of fused-ring (bicyclic) bond motifs is 3. The van der Waals surface area contributed by atoms with Crippen molar-refractivity contribution < 1.29 is 93.5 Å². The minimum atomic E-state index is 0. The van der Waals surface area contributed by atoms with Crippen LogP contribution in [0.25, 0.3) is 21.8 Å². The molecule has 0 atom stereocenters. The standard InChI is InChI=1S/C12H8N2.K.2O2.O.V/c1-3-9-5-6-10-4-2-8-14-12(10)11(9)13-7-1;;2*1-2;;/h1-8H;;;;;/q;+1;2*-2;;. The molecule has 2 aromatic heterocycles. The third kappa shape index (κ3) is 6.68. The summed E-state index contributed by atoms with van der Waals surface area (Å²) < 4.78 is 8.19. The van der Waals surface area contributed by atoms with E-state index in [-0.39, 0.29) is 51.4 Å². The SMILES string of the molecule is [K+].[O-][O-].[O-][O-].[O]=[V].c1cnc2c(c1)ccc1cccnc12. The van der Waals surface area contributed by atoms with E-state index < -0.39 is 0 Å². The van der Waals surface area contributed by atoms with Crippen molar-refractivity contribution in [3.63, 3.8) is 0 Å². The zero-order chi connectivity index (χ0) is 15.4. The van der Waals surface area contributed by atoms with Crippen LogP contribution in [-0.4, -0.2) is 9.97 Å². The normalized spacial score (nSPS) is 7.95. The van der Waals surface area contributed by atoms with Crippen LogP contribution in [0.2, 0.25) is 0 Å². The summed E-state index contributed by atoms with van der Waals surface area (Å²) in [6, 6.07) is 12.1. The maximum absolute atomic E-state index is 8.19. The van der Waals surface area contributed by atoms with E-state index in [1.54, 1.807) is 12.4 Å². The summed E-state index contributed by atoms with van der Waals surface area (Å²) in [5.41, 5.74) is 1.95.